The summed E-state index contributed by atoms with van der Waals surface area (Å²) in [6.07, 6.45) is 4.52. The van der Waals surface area contributed by atoms with Crippen LogP contribution >= 0.6 is 15.9 Å². The van der Waals surface area contributed by atoms with E-state index in [1.54, 1.807) is 6.34 Å². The van der Waals surface area contributed by atoms with Crippen LogP contribution in [0.25, 0.3) is 0 Å². The van der Waals surface area contributed by atoms with E-state index in [1.165, 1.54) is 5.56 Å². The van der Waals surface area contributed by atoms with Gasteiger partial charge in [0.05, 0.1) is 12.0 Å². The largest absolute Gasteiger partial charge is 0.369 e. The van der Waals surface area contributed by atoms with E-state index in [9.17, 15) is 0 Å². The number of halogens is 1. The van der Waals surface area contributed by atoms with Crippen LogP contribution in [0.15, 0.2) is 40.3 Å². The highest BCUT2D eigenvalue weighted by atomic mass is 79.9. The normalized spacial score (nSPS) is 10.6. The second-order valence-electron chi connectivity index (χ2n) is 3.47. The van der Waals surface area contributed by atoms with Crippen molar-refractivity contribution in [3.8, 4) is 0 Å². The molecular formula is C12H15BrN2. The monoisotopic (exact) mass is 266 g/mol. The lowest BCUT2D eigenvalue weighted by atomic mass is 10.1. The predicted molar refractivity (Wildman–Crippen MR) is 69.9 cm³/mol. The molecule has 0 aromatic heterocycles. The van der Waals surface area contributed by atoms with Crippen LogP contribution in [-0.4, -0.2) is 25.3 Å². The third-order valence-corrected chi connectivity index (χ3v) is 2.33. The Balaban J connectivity index is 2.99. The Morgan fingerprint density at radius 1 is 1.47 bits per heavy atom. The topological polar surface area (TPSA) is 15.6 Å². The van der Waals surface area contributed by atoms with Gasteiger partial charge in [-0.25, -0.2) is 4.99 Å². The van der Waals surface area contributed by atoms with E-state index in [0.29, 0.717) is 0 Å². The average Bonchev–Trinajstić information content (AvgIpc) is 2.17. The van der Waals surface area contributed by atoms with Gasteiger partial charge in [0.15, 0.2) is 0 Å². The van der Waals surface area contributed by atoms with E-state index in [-0.39, 0.29) is 0 Å². The predicted octanol–water partition coefficient (Wildman–Crippen LogP) is 3.40. The van der Waals surface area contributed by atoms with Crippen LogP contribution in [0.5, 0.6) is 0 Å². The molecule has 0 amide bonds. The van der Waals surface area contributed by atoms with E-state index < -0.39 is 0 Å². The summed E-state index contributed by atoms with van der Waals surface area (Å²) in [5, 5.41) is 0. The van der Waals surface area contributed by atoms with Crippen molar-refractivity contribution < 1.29 is 0 Å². The number of hydrogen-bond acceptors (Lipinski definition) is 1. The van der Waals surface area contributed by atoms with Crippen LogP contribution in [0, 0.1) is 0 Å². The van der Waals surface area contributed by atoms with Crippen molar-refractivity contribution >= 4 is 28.0 Å². The van der Waals surface area contributed by atoms with Gasteiger partial charge in [0.2, 0.25) is 0 Å². The molecular weight excluding hydrogens is 252 g/mol. The van der Waals surface area contributed by atoms with E-state index >= 15 is 0 Å². The second-order valence-corrected chi connectivity index (χ2v) is 4.39. The van der Waals surface area contributed by atoms with Gasteiger partial charge in [-0.2, -0.15) is 0 Å². The highest BCUT2D eigenvalue weighted by Gasteiger charge is 1.99. The van der Waals surface area contributed by atoms with Gasteiger partial charge in [-0.3, -0.25) is 0 Å². The summed E-state index contributed by atoms with van der Waals surface area (Å²) in [4.78, 5) is 6.31. The molecule has 3 heteroatoms. The van der Waals surface area contributed by atoms with Crippen LogP contribution in [0.4, 0.5) is 5.69 Å². The van der Waals surface area contributed by atoms with E-state index in [2.05, 4.69) is 33.6 Å². The second kappa shape index (κ2) is 5.71. The molecule has 0 atom stereocenters. The van der Waals surface area contributed by atoms with Crippen molar-refractivity contribution in [1.29, 1.82) is 0 Å². The van der Waals surface area contributed by atoms with Gasteiger partial charge in [0.25, 0.3) is 0 Å². The summed E-state index contributed by atoms with van der Waals surface area (Å²) < 4.78 is 1.07. The van der Waals surface area contributed by atoms with Crippen molar-refractivity contribution in [2.45, 2.75) is 6.42 Å². The van der Waals surface area contributed by atoms with Crippen LogP contribution < -0.4 is 0 Å². The van der Waals surface area contributed by atoms with Crippen molar-refractivity contribution in [3.63, 3.8) is 0 Å². The quantitative estimate of drug-likeness (QED) is 0.464. The zero-order valence-electron chi connectivity index (χ0n) is 9.07. The first-order valence-corrected chi connectivity index (χ1v) is 5.52. The molecule has 2 nitrogen and oxygen atoms in total. The van der Waals surface area contributed by atoms with Gasteiger partial charge >= 0.3 is 0 Å². The number of benzene rings is 1. The fraction of sp³-hybridized carbons (Fsp3) is 0.250. The van der Waals surface area contributed by atoms with Gasteiger partial charge in [-0.05, 0) is 30.2 Å². The summed E-state index contributed by atoms with van der Waals surface area (Å²) in [5.74, 6) is 0. The molecule has 0 heterocycles. The Labute approximate surface area is 99.5 Å². The molecule has 0 spiro atoms. The average molecular weight is 267 g/mol. The van der Waals surface area contributed by atoms with Crippen molar-refractivity contribution in [2.24, 2.45) is 4.99 Å². The minimum atomic E-state index is 0.833. The number of allylic oxidation sites excluding steroid dienone is 1. The number of rotatable bonds is 4. The lowest BCUT2D eigenvalue weighted by Crippen LogP contribution is -2.07. The molecule has 0 bridgehead atoms. The minimum Gasteiger partial charge on any atom is -0.369 e. The zero-order valence-corrected chi connectivity index (χ0v) is 10.7. The highest BCUT2D eigenvalue weighted by molar-refractivity contribution is 9.10. The first-order chi connectivity index (χ1) is 7.13. The third-order valence-electron chi connectivity index (χ3n) is 1.83. The van der Waals surface area contributed by atoms with Crippen LogP contribution in [0.2, 0.25) is 0 Å². The molecule has 1 rings (SSSR count). The molecule has 0 aliphatic carbocycles. The summed E-state index contributed by atoms with van der Waals surface area (Å²) in [6, 6.07) is 6.07. The van der Waals surface area contributed by atoms with Crippen molar-refractivity contribution in [3.05, 3.63) is 40.9 Å². The first-order valence-electron chi connectivity index (χ1n) is 4.73. The standard InChI is InChI=1S/C12H15BrN2/c1-4-5-10-8-11(13)6-7-12(10)14-9-15(2)3/h4,6-9H,1,5H2,2-3H3. The maximum atomic E-state index is 4.40. The molecule has 1 aromatic carbocycles. The molecule has 1 aromatic rings. The van der Waals surface area contributed by atoms with Crippen LogP contribution in [0.3, 0.4) is 0 Å². The first kappa shape index (κ1) is 12.0. The fourth-order valence-electron chi connectivity index (χ4n) is 1.18. The molecule has 0 N–H and O–H groups in total. The van der Waals surface area contributed by atoms with Crippen molar-refractivity contribution in [1.82, 2.24) is 4.90 Å². The van der Waals surface area contributed by atoms with E-state index in [0.717, 1.165) is 16.6 Å². The molecule has 0 fully saturated rings. The molecule has 0 saturated heterocycles. The van der Waals surface area contributed by atoms with Gasteiger partial charge in [0, 0.05) is 18.6 Å². The number of aliphatic imine (C=N–C) groups is 1. The molecule has 80 valence electrons. The highest BCUT2D eigenvalue weighted by Crippen LogP contribution is 2.24. The lowest BCUT2D eigenvalue weighted by Gasteiger charge is -2.06. The fourth-order valence-corrected chi connectivity index (χ4v) is 1.59. The van der Waals surface area contributed by atoms with Crippen molar-refractivity contribution in [2.75, 3.05) is 14.1 Å². The third kappa shape index (κ3) is 3.88. The minimum absolute atomic E-state index is 0.833. The molecule has 0 saturated carbocycles. The summed E-state index contributed by atoms with van der Waals surface area (Å²) in [6.45, 7) is 3.74. The Morgan fingerprint density at radius 2 is 2.20 bits per heavy atom. The lowest BCUT2D eigenvalue weighted by molar-refractivity contribution is 0.643. The maximum absolute atomic E-state index is 4.40. The summed E-state index contributed by atoms with van der Waals surface area (Å²) in [7, 11) is 3.91. The van der Waals surface area contributed by atoms with Gasteiger partial charge in [-0.15, -0.1) is 6.58 Å². The van der Waals surface area contributed by atoms with E-state index in [4.69, 9.17) is 0 Å². The Kier molecular flexibility index (Phi) is 4.56. The summed E-state index contributed by atoms with van der Waals surface area (Å²) in [5.41, 5.74) is 2.17. The molecule has 15 heavy (non-hydrogen) atoms. The Bertz CT molecular complexity index is 370. The smallest absolute Gasteiger partial charge is 0.0907 e. The van der Waals surface area contributed by atoms with Gasteiger partial charge in [0.1, 0.15) is 0 Å². The SMILES string of the molecule is C=CCc1cc(Br)ccc1N=CN(C)C. The van der Waals surface area contributed by atoms with Gasteiger partial charge < -0.3 is 4.90 Å². The van der Waals surface area contributed by atoms with Crippen LogP contribution in [-0.2, 0) is 6.42 Å². The van der Waals surface area contributed by atoms with Gasteiger partial charge in [-0.1, -0.05) is 22.0 Å². The maximum Gasteiger partial charge on any atom is 0.0907 e. The number of nitrogens with zero attached hydrogens (tertiary/aromatic N) is 2. The van der Waals surface area contributed by atoms with E-state index in [1.807, 2.05) is 37.2 Å². The molecule has 0 unspecified atom stereocenters. The Morgan fingerprint density at radius 3 is 2.80 bits per heavy atom. The molecule has 0 aliphatic rings. The number of hydrogen-bond donors (Lipinski definition) is 0. The summed E-state index contributed by atoms with van der Waals surface area (Å²) >= 11 is 3.45. The van der Waals surface area contributed by atoms with Crippen LogP contribution in [0.1, 0.15) is 5.56 Å². The Hall–Kier alpha value is -1.09. The molecule has 0 radical (unpaired) electrons. The zero-order chi connectivity index (χ0) is 11.3. The molecule has 0 aliphatic heterocycles.